The van der Waals surface area contributed by atoms with Gasteiger partial charge in [0.2, 0.25) is 0 Å². The number of thiol groups is 1. The zero-order valence-electron chi connectivity index (χ0n) is 10.3. The molecule has 0 fully saturated rings. The average Bonchev–Trinajstić information content (AvgIpc) is 2.23. The lowest BCUT2D eigenvalue weighted by Crippen LogP contribution is -2.33. The minimum atomic E-state index is 0.715. The highest BCUT2D eigenvalue weighted by Gasteiger charge is 2.11. The molecule has 0 rings (SSSR count). The summed E-state index contributed by atoms with van der Waals surface area (Å²) in [5, 5.41) is 0. The minimum absolute atomic E-state index is 0.715. The van der Waals surface area contributed by atoms with Crippen LogP contribution in [0, 0.1) is 11.8 Å². The van der Waals surface area contributed by atoms with Gasteiger partial charge in [-0.05, 0) is 24.1 Å². The molecule has 0 bridgehead atoms. The van der Waals surface area contributed by atoms with Crippen molar-refractivity contribution in [3.8, 4) is 0 Å². The second-order valence-corrected chi connectivity index (χ2v) is 4.69. The van der Waals surface area contributed by atoms with Gasteiger partial charge in [-0.1, -0.05) is 40.5 Å². The first-order valence-corrected chi connectivity index (χ1v) is 6.64. The van der Waals surface area contributed by atoms with Gasteiger partial charge in [0.1, 0.15) is 0 Å². The van der Waals surface area contributed by atoms with Gasteiger partial charge in [0.25, 0.3) is 0 Å². The molecule has 1 unspecified atom stereocenters. The van der Waals surface area contributed by atoms with Crippen molar-refractivity contribution in [2.45, 2.75) is 40.5 Å². The van der Waals surface area contributed by atoms with E-state index >= 15 is 0 Å². The first kappa shape index (κ1) is 14.3. The Kier molecular flexibility index (Phi) is 8.80. The zero-order chi connectivity index (χ0) is 11.0. The maximum absolute atomic E-state index is 4.34. The largest absolute Gasteiger partial charge is 0.303 e. The number of nitrogens with zero attached hydrogens (tertiary/aromatic N) is 1. The standard InChI is InChI=1S/C12H27NS/c1-5-12(6-2)9-13(7-3)8-11(4)10-14/h11-12,14H,5-10H2,1-4H3. The summed E-state index contributed by atoms with van der Waals surface area (Å²) in [6.45, 7) is 12.8. The van der Waals surface area contributed by atoms with E-state index < -0.39 is 0 Å². The number of hydrogen-bond donors (Lipinski definition) is 1. The zero-order valence-corrected chi connectivity index (χ0v) is 11.2. The predicted molar refractivity (Wildman–Crippen MR) is 69.2 cm³/mol. The summed E-state index contributed by atoms with van der Waals surface area (Å²) in [5.74, 6) is 2.59. The Balaban J connectivity index is 3.88. The van der Waals surface area contributed by atoms with Crippen molar-refractivity contribution in [3.63, 3.8) is 0 Å². The van der Waals surface area contributed by atoms with Crippen LogP contribution in [0.1, 0.15) is 40.5 Å². The van der Waals surface area contributed by atoms with Crippen LogP contribution >= 0.6 is 12.6 Å². The maximum Gasteiger partial charge on any atom is 0.00148 e. The highest BCUT2D eigenvalue weighted by molar-refractivity contribution is 7.80. The van der Waals surface area contributed by atoms with Crippen molar-refractivity contribution in [1.29, 1.82) is 0 Å². The van der Waals surface area contributed by atoms with Crippen LogP contribution in [0.5, 0.6) is 0 Å². The minimum Gasteiger partial charge on any atom is -0.303 e. The molecule has 0 aromatic rings. The second kappa shape index (κ2) is 8.60. The van der Waals surface area contributed by atoms with Crippen LogP contribution in [-0.4, -0.2) is 30.3 Å². The molecule has 0 aliphatic carbocycles. The molecular weight excluding hydrogens is 190 g/mol. The van der Waals surface area contributed by atoms with Crippen LogP contribution in [0.3, 0.4) is 0 Å². The summed E-state index contributed by atoms with van der Waals surface area (Å²) < 4.78 is 0. The Morgan fingerprint density at radius 3 is 2.00 bits per heavy atom. The third kappa shape index (κ3) is 5.92. The molecule has 0 aromatic carbocycles. The lowest BCUT2D eigenvalue weighted by molar-refractivity contribution is 0.213. The predicted octanol–water partition coefficient (Wildman–Crippen LogP) is 3.31. The third-order valence-electron chi connectivity index (χ3n) is 3.00. The highest BCUT2D eigenvalue weighted by atomic mass is 32.1. The molecule has 0 heterocycles. The van der Waals surface area contributed by atoms with E-state index in [-0.39, 0.29) is 0 Å². The molecule has 86 valence electrons. The smallest absolute Gasteiger partial charge is 0.00148 e. The van der Waals surface area contributed by atoms with Crippen LogP contribution in [0.15, 0.2) is 0 Å². The Morgan fingerprint density at radius 2 is 1.64 bits per heavy atom. The Hall–Kier alpha value is 0.310. The molecule has 1 nitrogen and oxygen atoms in total. The van der Waals surface area contributed by atoms with Gasteiger partial charge in [-0.15, -0.1) is 0 Å². The van der Waals surface area contributed by atoms with E-state index in [1.807, 2.05) is 0 Å². The summed E-state index contributed by atoms with van der Waals surface area (Å²) in [4.78, 5) is 2.57. The summed E-state index contributed by atoms with van der Waals surface area (Å²) in [7, 11) is 0. The monoisotopic (exact) mass is 217 g/mol. The van der Waals surface area contributed by atoms with Crippen LogP contribution in [0.2, 0.25) is 0 Å². The van der Waals surface area contributed by atoms with Gasteiger partial charge in [-0.3, -0.25) is 0 Å². The van der Waals surface area contributed by atoms with E-state index in [4.69, 9.17) is 0 Å². The Labute approximate surface area is 95.7 Å². The molecule has 2 heteroatoms. The van der Waals surface area contributed by atoms with E-state index in [0.29, 0.717) is 5.92 Å². The van der Waals surface area contributed by atoms with E-state index in [9.17, 15) is 0 Å². The van der Waals surface area contributed by atoms with Crippen LogP contribution in [0.25, 0.3) is 0 Å². The Bertz CT molecular complexity index is 123. The fourth-order valence-corrected chi connectivity index (χ4v) is 1.86. The van der Waals surface area contributed by atoms with Gasteiger partial charge in [0.15, 0.2) is 0 Å². The Morgan fingerprint density at radius 1 is 1.07 bits per heavy atom. The van der Waals surface area contributed by atoms with Gasteiger partial charge < -0.3 is 4.90 Å². The van der Waals surface area contributed by atoms with Crippen LogP contribution in [0.4, 0.5) is 0 Å². The van der Waals surface area contributed by atoms with Crippen molar-refractivity contribution in [1.82, 2.24) is 4.90 Å². The normalized spacial score (nSPS) is 13.9. The maximum atomic E-state index is 4.34. The fraction of sp³-hybridized carbons (Fsp3) is 1.00. The molecule has 0 saturated heterocycles. The third-order valence-corrected chi connectivity index (χ3v) is 3.62. The van der Waals surface area contributed by atoms with E-state index in [1.54, 1.807) is 0 Å². The lowest BCUT2D eigenvalue weighted by atomic mass is 10.0. The molecule has 0 spiro atoms. The van der Waals surface area contributed by atoms with Crippen molar-refractivity contribution >= 4 is 12.6 Å². The summed E-state index contributed by atoms with van der Waals surface area (Å²) in [6, 6.07) is 0. The summed E-state index contributed by atoms with van der Waals surface area (Å²) >= 11 is 4.34. The number of hydrogen-bond acceptors (Lipinski definition) is 2. The van der Waals surface area contributed by atoms with Crippen LogP contribution in [-0.2, 0) is 0 Å². The molecule has 0 aromatic heterocycles. The summed E-state index contributed by atoms with van der Waals surface area (Å²) in [5.41, 5.74) is 0. The first-order chi connectivity index (χ1) is 6.67. The topological polar surface area (TPSA) is 3.24 Å². The molecule has 0 radical (unpaired) electrons. The molecule has 0 aliphatic rings. The number of rotatable bonds is 8. The molecule has 1 atom stereocenters. The van der Waals surface area contributed by atoms with Crippen molar-refractivity contribution < 1.29 is 0 Å². The fourth-order valence-electron chi connectivity index (χ4n) is 1.74. The molecule has 0 N–H and O–H groups in total. The second-order valence-electron chi connectivity index (χ2n) is 4.32. The first-order valence-electron chi connectivity index (χ1n) is 6.00. The van der Waals surface area contributed by atoms with Gasteiger partial charge in [-0.2, -0.15) is 12.6 Å². The van der Waals surface area contributed by atoms with Gasteiger partial charge in [0, 0.05) is 13.1 Å². The molecule has 0 aliphatic heterocycles. The van der Waals surface area contributed by atoms with Gasteiger partial charge in [-0.25, -0.2) is 0 Å². The van der Waals surface area contributed by atoms with E-state index in [2.05, 4.69) is 45.2 Å². The quantitative estimate of drug-likeness (QED) is 0.611. The summed E-state index contributed by atoms with van der Waals surface area (Å²) in [6.07, 6.45) is 2.62. The van der Waals surface area contributed by atoms with Crippen molar-refractivity contribution in [2.24, 2.45) is 11.8 Å². The van der Waals surface area contributed by atoms with Crippen molar-refractivity contribution in [2.75, 3.05) is 25.4 Å². The molecule has 0 amide bonds. The average molecular weight is 217 g/mol. The van der Waals surface area contributed by atoms with Gasteiger partial charge >= 0.3 is 0 Å². The van der Waals surface area contributed by atoms with Gasteiger partial charge in [0.05, 0.1) is 0 Å². The van der Waals surface area contributed by atoms with E-state index in [0.717, 1.165) is 11.7 Å². The molecular formula is C12H27NS. The van der Waals surface area contributed by atoms with E-state index in [1.165, 1.54) is 32.5 Å². The van der Waals surface area contributed by atoms with Crippen LogP contribution < -0.4 is 0 Å². The molecule has 0 saturated carbocycles. The SMILES string of the molecule is CCC(CC)CN(CC)CC(C)CS. The highest BCUT2D eigenvalue weighted by Crippen LogP contribution is 2.11. The lowest BCUT2D eigenvalue weighted by Gasteiger charge is -2.27. The van der Waals surface area contributed by atoms with Crippen molar-refractivity contribution in [3.05, 3.63) is 0 Å². The molecule has 14 heavy (non-hydrogen) atoms.